The molecular weight excluding hydrogens is 512 g/mol. The van der Waals surface area contributed by atoms with Gasteiger partial charge in [0.05, 0.1) is 11.1 Å². The third-order valence-electron chi connectivity index (χ3n) is 9.10. The van der Waals surface area contributed by atoms with Gasteiger partial charge < -0.3 is 24.4 Å². The van der Waals surface area contributed by atoms with Crippen LogP contribution in [0, 0.1) is 23.2 Å². The molecule has 2 aliphatic carbocycles. The fourth-order valence-corrected chi connectivity index (χ4v) is 7.07. The van der Waals surface area contributed by atoms with Gasteiger partial charge in [-0.2, -0.15) is 5.26 Å². The molecule has 0 spiro atoms. The molecule has 2 aromatic rings. The molecule has 0 saturated heterocycles. The molecule has 216 valence electrons. The van der Waals surface area contributed by atoms with E-state index in [0.29, 0.717) is 6.54 Å². The highest BCUT2D eigenvalue weighted by Crippen LogP contribution is 2.47. The molecule has 10 nitrogen and oxygen atoms in total. The van der Waals surface area contributed by atoms with Gasteiger partial charge in [0.25, 0.3) is 5.91 Å². The van der Waals surface area contributed by atoms with Crippen molar-refractivity contribution in [2.75, 3.05) is 26.2 Å². The smallest absolute Gasteiger partial charge is 0.413 e. The van der Waals surface area contributed by atoms with E-state index in [9.17, 15) is 24.4 Å². The first kappa shape index (κ1) is 29.5. The van der Waals surface area contributed by atoms with Crippen molar-refractivity contribution >= 4 is 23.0 Å². The highest BCUT2D eigenvalue weighted by atomic mass is 16.5. The minimum atomic E-state index is -1.27. The average Bonchev–Trinajstić information content (AvgIpc) is 2.97. The van der Waals surface area contributed by atoms with Gasteiger partial charge in [-0.3, -0.25) is 9.59 Å². The van der Waals surface area contributed by atoms with Crippen LogP contribution in [-0.4, -0.2) is 53.3 Å². The number of nitrogens with zero attached hydrogens (tertiary/aromatic N) is 3. The fraction of sp³-hybridized carbons (Fsp3) is 0.633. The number of rotatable bonds is 10. The number of amides is 2. The number of carbonyl (C=O) groups is 2. The van der Waals surface area contributed by atoms with Crippen LogP contribution in [0.5, 0.6) is 0 Å². The van der Waals surface area contributed by atoms with Crippen molar-refractivity contribution in [3.8, 4) is 6.07 Å². The van der Waals surface area contributed by atoms with Crippen molar-refractivity contribution in [2.24, 2.45) is 17.6 Å². The van der Waals surface area contributed by atoms with Gasteiger partial charge in [0.1, 0.15) is 11.6 Å². The zero-order chi connectivity index (χ0) is 28.9. The molecule has 1 heterocycles. The number of hydrogen-bond acceptors (Lipinski definition) is 8. The molecule has 0 radical (unpaired) electrons. The second kappa shape index (κ2) is 12.8. The molecule has 0 atom stereocenters. The summed E-state index contributed by atoms with van der Waals surface area (Å²) in [6.07, 6.45) is 9.20. The molecule has 2 aliphatic rings. The van der Waals surface area contributed by atoms with Crippen LogP contribution in [0.4, 0.5) is 0 Å². The molecule has 10 heteroatoms. The predicted octanol–water partition coefficient (Wildman–Crippen LogP) is 3.79. The normalized spacial score (nSPS) is 17.1. The van der Waals surface area contributed by atoms with Gasteiger partial charge in [0.2, 0.25) is 5.91 Å². The molecule has 1 aromatic heterocycles. The highest BCUT2D eigenvalue weighted by Gasteiger charge is 2.56. The molecule has 2 N–H and O–H groups in total. The van der Waals surface area contributed by atoms with Crippen LogP contribution in [0.1, 0.15) is 94.0 Å². The lowest BCUT2D eigenvalue weighted by Gasteiger charge is -2.53. The minimum absolute atomic E-state index is 0.0355. The molecule has 2 amide bonds. The number of nitrogens with two attached hydrogens (primary N) is 1. The number of likely N-dealkylation sites (N-methyl/N-ethyl adjacent to an activating group) is 1. The third-order valence-corrected chi connectivity index (χ3v) is 9.10. The van der Waals surface area contributed by atoms with E-state index in [1.165, 1.54) is 12.1 Å². The van der Waals surface area contributed by atoms with E-state index in [0.717, 1.165) is 77.3 Å². The Hall–Kier alpha value is -3.45. The first-order valence-corrected chi connectivity index (χ1v) is 14.6. The first-order chi connectivity index (χ1) is 19.3. The lowest BCUT2D eigenvalue weighted by Crippen LogP contribution is -2.69. The monoisotopic (exact) mass is 552 g/mol. The van der Waals surface area contributed by atoms with E-state index in [2.05, 4.69) is 4.90 Å². The second-order valence-electron chi connectivity index (χ2n) is 11.1. The summed E-state index contributed by atoms with van der Waals surface area (Å²) in [5.41, 5.74) is 2.04. The van der Waals surface area contributed by atoms with Crippen molar-refractivity contribution < 1.29 is 18.4 Å². The largest absolute Gasteiger partial charge is 0.423 e. The van der Waals surface area contributed by atoms with Gasteiger partial charge in [-0.1, -0.05) is 52.4 Å². The zero-order valence-corrected chi connectivity index (χ0v) is 23.6. The van der Waals surface area contributed by atoms with Gasteiger partial charge in [0.15, 0.2) is 11.2 Å². The Kier molecular flexibility index (Phi) is 9.46. The predicted molar refractivity (Wildman–Crippen MR) is 150 cm³/mol. The maximum Gasteiger partial charge on any atom is 0.423 e. The van der Waals surface area contributed by atoms with Gasteiger partial charge >= 0.3 is 11.3 Å². The van der Waals surface area contributed by atoms with Crippen LogP contribution >= 0.6 is 0 Å². The highest BCUT2D eigenvalue weighted by molar-refractivity contribution is 6.06. The lowest BCUT2D eigenvalue weighted by atomic mass is 9.62. The van der Waals surface area contributed by atoms with Crippen LogP contribution in [0.3, 0.4) is 0 Å². The molecular formula is C30H40N4O6. The Balaban J connectivity index is 1.95. The van der Waals surface area contributed by atoms with Crippen LogP contribution in [-0.2, 0) is 4.79 Å². The molecule has 0 unspecified atom stereocenters. The summed E-state index contributed by atoms with van der Waals surface area (Å²) in [6, 6.07) is 4.69. The summed E-state index contributed by atoms with van der Waals surface area (Å²) in [7, 11) is 0. The van der Waals surface area contributed by atoms with E-state index in [1.807, 2.05) is 19.9 Å². The van der Waals surface area contributed by atoms with Crippen LogP contribution in [0.15, 0.2) is 30.6 Å². The van der Waals surface area contributed by atoms with Gasteiger partial charge in [-0.05, 0) is 62.7 Å². The summed E-state index contributed by atoms with van der Waals surface area (Å²) in [5.74, 6) is -1.21. The number of primary amides is 1. The maximum absolute atomic E-state index is 14.7. The van der Waals surface area contributed by atoms with E-state index in [4.69, 9.17) is 14.6 Å². The molecule has 40 heavy (non-hydrogen) atoms. The van der Waals surface area contributed by atoms with Gasteiger partial charge in [0, 0.05) is 13.1 Å². The Bertz CT molecular complexity index is 1360. The lowest BCUT2D eigenvalue weighted by molar-refractivity contribution is -0.140. The van der Waals surface area contributed by atoms with Crippen molar-refractivity contribution in [3.05, 3.63) is 44.1 Å². The Morgan fingerprint density at radius 3 is 1.90 bits per heavy atom. The third kappa shape index (κ3) is 5.44. The van der Waals surface area contributed by atoms with Crippen LogP contribution < -0.4 is 17.0 Å². The second-order valence-corrected chi connectivity index (χ2v) is 11.1. The summed E-state index contributed by atoms with van der Waals surface area (Å²) in [4.78, 5) is 56.6. The van der Waals surface area contributed by atoms with E-state index >= 15 is 0 Å². The molecule has 0 aliphatic heterocycles. The first-order valence-electron chi connectivity index (χ1n) is 14.6. The average molecular weight is 553 g/mol. The number of fused-ring (bicyclic) bond motifs is 1. The summed E-state index contributed by atoms with van der Waals surface area (Å²) in [6.45, 7) is 6.41. The summed E-state index contributed by atoms with van der Waals surface area (Å²) in [5, 5.41) is 9.58. The number of benzene rings is 1. The van der Waals surface area contributed by atoms with Crippen molar-refractivity contribution in [3.63, 3.8) is 0 Å². The molecule has 0 bridgehead atoms. The van der Waals surface area contributed by atoms with Crippen LogP contribution in [0.2, 0.25) is 0 Å². The Labute approximate surface area is 234 Å². The van der Waals surface area contributed by atoms with E-state index in [-0.39, 0.29) is 40.7 Å². The number of hydrogen-bond donors (Lipinski definition) is 1. The molecule has 1 aromatic carbocycles. The SMILES string of the molecule is CCN(CC)CCN(C(=O)c1ccc(C#N)c2oc(=O)c(=O)oc12)C(C(N)=O)(C1CCCCC1)C1CCCCC1. The topological polar surface area (TPSA) is 151 Å². The van der Waals surface area contributed by atoms with Crippen molar-refractivity contribution in [1.29, 1.82) is 5.26 Å². The maximum atomic E-state index is 14.7. The Morgan fingerprint density at radius 1 is 0.900 bits per heavy atom. The van der Waals surface area contributed by atoms with Gasteiger partial charge in [-0.25, -0.2) is 9.59 Å². The van der Waals surface area contributed by atoms with Crippen molar-refractivity contribution in [1.82, 2.24) is 9.80 Å². The van der Waals surface area contributed by atoms with Crippen molar-refractivity contribution in [2.45, 2.75) is 83.6 Å². The number of nitriles is 1. The number of carbonyl (C=O) groups excluding carboxylic acids is 2. The molecule has 2 fully saturated rings. The van der Waals surface area contributed by atoms with E-state index in [1.54, 1.807) is 4.90 Å². The quantitative estimate of drug-likeness (QED) is 0.437. The minimum Gasteiger partial charge on any atom is -0.413 e. The Morgan fingerprint density at radius 2 is 1.43 bits per heavy atom. The summed E-state index contributed by atoms with van der Waals surface area (Å²) < 4.78 is 10.4. The van der Waals surface area contributed by atoms with Gasteiger partial charge in [-0.15, -0.1) is 0 Å². The fourth-order valence-electron chi connectivity index (χ4n) is 7.07. The van der Waals surface area contributed by atoms with Crippen LogP contribution in [0.25, 0.3) is 11.2 Å². The molecule has 2 saturated carbocycles. The zero-order valence-electron chi connectivity index (χ0n) is 23.6. The summed E-state index contributed by atoms with van der Waals surface area (Å²) >= 11 is 0. The van der Waals surface area contributed by atoms with E-state index < -0.39 is 28.6 Å². The standard InChI is InChI=1S/C30H40N4O6/c1-3-33(4-2)17-18-34(26(35)23-16-15-20(19-31)24-25(23)40-28(37)27(36)39-24)30(29(32)38,21-11-7-5-8-12-21)22-13-9-6-10-14-22/h15-16,21-22H,3-14,17-18H2,1-2H3,(H2,32,38). The molecule has 4 rings (SSSR count).